The number of carbonyl (C=O) groups is 1. The van der Waals surface area contributed by atoms with Gasteiger partial charge in [0.15, 0.2) is 5.79 Å². The van der Waals surface area contributed by atoms with Gasteiger partial charge in [-0.2, -0.15) is 0 Å². The second-order valence-corrected chi connectivity index (χ2v) is 5.92. The van der Waals surface area contributed by atoms with Gasteiger partial charge in [-0.1, -0.05) is 12.1 Å². The lowest BCUT2D eigenvalue weighted by Crippen LogP contribution is -2.47. The molecule has 1 saturated carbocycles. The quantitative estimate of drug-likeness (QED) is 0.805. The molecule has 5 heteroatoms. The molecule has 0 unspecified atom stereocenters. The van der Waals surface area contributed by atoms with Gasteiger partial charge in [-0.25, -0.2) is 4.39 Å². The van der Waals surface area contributed by atoms with Crippen LogP contribution in [0, 0.1) is 5.82 Å². The molecule has 1 saturated heterocycles. The molecule has 120 valence electrons. The Kier molecular flexibility index (Phi) is 4.19. The molecule has 1 aliphatic heterocycles. The number of carbonyl (C=O) groups excluding carboxylic acids is 1. The highest BCUT2D eigenvalue weighted by Crippen LogP contribution is 2.47. The Morgan fingerprint density at radius 3 is 2.27 bits per heavy atom. The van der Waals surface area contributed by atoms with E-state index in [0.29, 0.717) is 45.5 Å². The second kappa shape index (κ2) is 5.97. The molecule has 1 heterocycles. The maximum Gasteiger partial charge on any atom is 0.316 e. The van der Waals surface area contributed by atoms with E-state index in [-0.39, 0.29) is 11.8 Å². The first kappa shape index (κ1) is 15.4. The van der Waals surface area contributed by atoms with Gasteiger partial charge in [0.25, 0.3) is 0 Å². The number of esters is 1. The average molecular weight is 308 g/mol. The minimum atomic E-state index is -0.732. The maximum absolute atomic E-state index is 13.2. The van der Waals surface area contributed by atoms with Crippen molar-refractivity contribution in [3.8, 4) is 0 Å². The van der Waals surface area contributed by atoms with Crippen LogP contribution < -0.4 is 0 Å². The van der Waals surface area contributed by atoms with Crippen molar-refractivity contribution in [1.82, 2.24) is 0 Å². The van der Waals surface area contributed by atoms with E-state index in [1.807, 2.05) is 0 Å². The zero-order valence-electron chi connectivity index (χ0n) is 12.8. The standard InChI is InChI=1S/C17H21FO4/c1-2-20-15(19)16(13-3-5-14(18)6-4-13)7-9-17(10-8-16)21-11-12-22-17/h3-6H,2,7-12H2,1H3. The lowest BCUT2D eigenvalue weighted by Gasteiger charge is -2.42. The Morgan fingerprint density at radius 2 is 1.73 bits per heavy atom. The minimum absolute atomic E-state index is 0.241. The van der Waals surface area contributed by atoms with Crippen molar-refractivity contribution in [2.75, 3.05) is 19.8 Å². The van der Waals surface area contributed by atoms with Gasteiger partial charge in [0, 0.05) is 12.8 Å². The Bertz CT molecular complexity index is 524. The van der Waals surface area contributed by atoms with Gasteiger partial charge < -0.3 is 14.2 Å². The zero-order chi connectivity index (χ0) is 15.6. The minimum Gasteiger partial charge on any atom is -0.465 e. The average Bonchev–Trinajstić information content (AvgIpc) is 2.98. The number of benzene rings is 1. The molecule has 22 heavy (non-hydrogen) atoms. The number of rotatable bonds is 3. The molecular formula is C17H21FO4. The number of hydrogen-bond acceptors (Lipinski definition) is 4. The highest BCUT2D eigenvalue weighted by atomic mass is 19.1. The smallest absolute Gasteiger partial charge is 0.316 e. The molecule has 0 atom stereocenters. The van der Waals surface area contributed by atoms with Gasteiger partial charge >= 0.3 is 5.97 Å². The van der Waals surface area contributed by atoms with Crippen LogP contribution in [0.15, 0.2) is 24.3 Å². The predicted octanol–water partition coefficient (Wildman–Crippen LogP) is 2.94. The van der Waals surface area contributed by atoms with Gasteiger partial charge in [-0.3, -0.25) is 4.79 Å². The van der Waals surface area contributed by atoms with Crippen LogP contribution in [-0.2, 0) is 24.4 Å². The van der Waals surface area contributed by atoms with Crippen LogP contribution in [0.25, 0.3) is 0 Å². The van der Waals surface area contributed by atoms with Crippen molar-refractivity contribution in [3.05, 3.63) is 35.6 Å². The molecule has 3 rings (SSSR count). The number of halogens is 1. The maximum atomic E-state index is 13.2. The van der Waals surface area contributed by atoms with E-state index in [0.717, 1.165) is 5.56 Å². The molecule has 1 spiro atoms. The number of ether oxygens (including phenoxy) is 3. The third kappa shape index (κ3) is 2.63. The van der Waals surface area contributed by atoms with Crippen molar-refractivity contribution < 1.29 is 23.4 Å². The molecule has 0 radical (unpaired) electrons. The first-order valence-corrected chi connectivity index (χ1v) is 7.81. The van der Waals surface area contributed by atoms with Gasteiger partial charge in [-0.15, -0.1) is 0 Å². The van der Waals surface area contributed by atoms with E-state index in [9.17, 15) is 9.18 Å². The summed E-state index contributed by atoms with van der Waals surface area (Å²) in [5.74, 6) is -1.09. The molecule has 2 aliphatic rings. The summed E-state index contributed by atoms with van der Waals surface area (Å²) in [5, 5.41) is 0. The molecular weight excluding hydrogens is 287 g/mol. The summed E-state index contributed by atoms with van der Waals surface area (Å²) in [4.78, 5) is 12.6. The summed E-state index contributed by atoms with van der Waals surface area (Å²) in [7, 11) is 0. The largest absolute Gasteiger partial charge is 0.465 e. The van der Waals surface area contributed by atoms with Gasteiger partial charge in [0.2, 0.25) is 0 Å². The molecule has 1 aromatic rings. The lowest BCUT2D eigenvalue weighted by molar-refractivity contribution is -0.191. The van der Waals surface area contributed by atoms with Crippen molar-refractivity contribution in [3.63, 3.8) is 0 Å². The van der Waals surface area contributed by atoms with Crippen LogP contribution in [0.2, 0.25) is 0 Å². The fraction of sp³-hybridized carbons (Fsp3) is 0.588. The summed E-state index contributed by atoms with van der Waals surface area (Å²) >= 11 is 0. The van der Waals surface area contributed by atoms with E-state index in [1.165, 1.54) is 12.1 Å². The third-order valence-electron chi connectivity index (χ3n) is 4.74. The molecule has 1 aliphatic carbocycles. The fourth-order valence-electron chi connectivity index (χ4n) is 3.49. The van der Waals surface area contributed by atoms with Crippen LogP contribution in [0.5, 0.6) is 0 Å². The highest BCUT2D eigenvalue weighted by molar-refractivity contribution is 5.83. The normalized spacial score (nSPS) is 22.6. The topological polar surface area (TPSA) is 44.8 Å². The Hall–Kier alpha value is -1.46. The molecule has 0 aromatic heterocycles. The SMILES string of the molecule is CCOC(=O)C1(c2ccc(F)cc2)CCC2(CC1)OCCO2. The zero-order valence-corrected chi connectivity index (χ0v) is 12.8. The molecule has 0 amide bonds. The molecule has 0 N–H and O–H groups in total. The van der Waals surface area contributed by atoms with Crippen molar-refractivity contribution >= 4 is 5.97 Å². The van der Waals surface area contributed by atoms with E-state index in [2.05, 4.69) is 0 Å². The van der Waals surface area contributed by atoms with Gasteiger partial charge in [-0.05, 0) is 37.5 Å². The predicted molar refractivity (Wildman–Crippen MR) is 77.8 cm³/mol. The first-order chi connectivity index (χ1) is 10.6. The highest BCUT2D eigenvalue weighted by Gasteiger charge is 2.51. The summed E-state index contributed by atoms with van der Waals surface area (Å²) in [5.41, 5.74) is 0.0739. The van der Waals surface area contributed by atoms with Gasteiger partial charge in [0.05, 0.1) is 25.2 Å². The monoisotopic (exact) mass is 308 g/mol. The van der Waals surface area contributed by atoms with Crippen LogP contribution in [0.1, 0.15) is 38.2 Å². The Balaban J connectivity index is 1.88. The third-order valence-corrected chi connectivity index (χ3v) is 4.74. The van der Waals surface area contributed by atoms with E-state index in [1.54, 1.807) is 19.1 Å². The molecule has 4 nitrogen and oxygen atoms in total. The molecule has 1 aromatic carbocycles. The van der Waals surface area contributed by atoms with E-state index >= 15 is 0 Å². The van der Waals surface area contributed by atoms with Crippen molar-refractivity contribution in [2.45, 2.75) is 43.8 Å². The van der Waals surface area contributed by atoms with E-state index < -0.39 is 11.2 Å². The fourth-order valence-corrected chi connectivity index (χ4v) is 3.49. The first-order valence-electron chi connectivity index (χ1n) is 7.81. The summed E-state index contributed by atoms with van der Waals surface area (Å²) in [6.45, 7) is 3.33. The summed E-state index contributed by atoms with van der Waals surface area (Å²) in [6.07, 6.45) is 2.45. The van der Waals surface area contributed by atoms with Crippen LogP contribution >= 0.6 is 0 Å². The molecule has 0 bridgehead atoms. The Morgan fingerprint density at radius 1 is 1.14 bits per heavy atom. The van der Waals surface area contributed by atoms with Gasteiger partial charge in [0.1, 0.15) is 5.82 Å². The number of hydrogen-bond donors (Lipinski definition) is 0. The molecule has 2 fully saturated rings. The van der Waals surface area contributed by atoms with Crippen LogP contribution in [0.4, 0.5) is 4.39 Å². The second-order valence-electron chi connectivity index (χ2n) is 5.92. The van der Waals surface area contributed by atoms with Crippen molar-refractivity contribution in [1.29, 1.82) is 0 Å². The van der Waals surface area contributed by atoms with Crippen molar-refractivity contribution in [2.24, 2.45) is 0 Å². The Labute approximate surface area is 129 Å². The lowest BCUT2D eigenvalue weighted by atomic mass is 9.67. The summed E-state index contributed by atoms with van der Waals surface area (Å²) in [6, 6.07) is 6.15. The van der Waals surface area contributed by atoms with Crippen LogP contribution in [0.3, 0.4) is 0 Å². The summed E-state index contributed by atoms with van der Waals surface area (Å²) < 4.78 is 30.0. The van der Waals surface area contributed by atoms with Crippen LogP contribution in [-0.4, -0.2) is 31.6 Å². The van der Waals surface area contributed by atoms with E-state index in [4.69, 9.17) is 14.2 Å².